The van der Waals surface area contributed by atoms with Crippen LogP contribution in [0, 0.1) is 6.10 Å². The first kappa shape index (κ1) is 26.0. The standard InChI is InChI=1S/C11H21OSi.2C5H5N.ClH.Ni/c1-11(2,3)13(4,5)12-10-8-6-7-9-10;2*1-2-4-6-5-3-1;;/h6,8H,7,9H2,1-5H3;2*1-5H;1H;/q;;;;+1/p-1. The van der Waals surface area contributed by atoms with Crippen molar-refractivity contribution in [3.8, 4) is 0 Å². The zero-order chi connectivity index (χ0) is 20.6. The molecule has 0 aromatic carbocycles. The fourth-order valence-corrected chi connectivity index (χ4v) is 2.85. The summed E-state index contributed by atoms with van der Waals surface area (Å²) in [4.78, 5) is 7.57. The summed E-state index contributed by atoms with van der Waals surface area (Å²) in [7, 11) is 2.71. The van der Waals surface area contributed by atoms with Gasteiger partial charge in [-0.2, -0.15) is 0 Å². The second-order valence-electron chi connectivity index (χ2n) is 7.32. The molecule has 0 N–H and O–H groups in total. The number of allylic oxidation sites excluding steroid dienone is 1. The largest absolute Gasteiger partial charge is 0.265 e. The second kappa shape index (κ2) is 15.0. The zero-order valence-electron chi connectivity index (χ0n) is 16.8. The molecule has 1 aliphatic carbocycles. The van der Waals surface area contributed by atoms with Crippen molar-refractivity contribution in [2.45, 2.75) is 51.7 Å². The Labute approximate surface area is 178 Å². The molecule has 0 bridgehead atoms. The smallest absolute Gasteiger partial charge is 0.0267 e. The van der Waals surface area contributed by atoms with Crippen molar-refractivity contribution >= 4 is 18.5 Å². The Morgan fingerprint density at radius 1 is 0.889 bits per heavy atom. The summed E-state index contributed by atoms with van der Waals surface area (Å²) in [5.41, 5.74) is 0. The van der Waals surface area contributed by atoms with E-state index in [-0.39, 0.29) is 0 Å². The van der Waals surface area contributed by atoms with Gasteiger partial charge in [0.05, 0.1) is 0 Å². The minimum absolute atomic E-state index is 0.316. The first-order valence-corrected chi connectivity index (χ1v) is 13.1. The molecule has 0 atom stereocenters. The molecule has 2 aromatic heterocycles. The van der Waals surface area contributed by atoms with Crippen LogP contribution in [0.3, 0.4) is 0 Å². The maximum absolute atomic E-state index is 6.13. The van der Waals surface area contributed by atoms with E-state index in [1.165, 1.54) is 6.10 Å². The first-order valence-electron chi connectivity index (χ1n) is 8.86. The van der Waals surface area contributed by atoms with Crippen LogP contribution < -0.4 is 0 Å². The van der Waals surface area contributed by atoms with E-state index in [9.17, 15) is 0 Å². The molecule has 0 spiro atoms. The summed E-state index contributed by atoms with van der Waals surface area (Å²) in [5.74, 6) is 0. The number of hydrogen-bond acceptors (Lipinski definition) is 3. The van der Waals surface area contributed by atoms with Crippen molar-refractivity contribution in [1.29, 1.82) is 0 Å². The molecule has 2 aromatic rings. The molecule has 3 nitrogen and oxygen atoms in total. The monoisotopic (exact) mass is 448 g/mol. The molecule has 0 fully saturated rings. The van der Waals surface area contributed by atoms with Crippen molar-refractivity contribution in [3.63, 3.8) is 0 Å². The van der Waals surface area contributed by atoms with Gasteiger partial charge in [0.2, 0.25) is 0 Å². The molecule has 0 unspecified atom stereocenters. The fraction of sp³-hybridized carbons (Fsp3) is 0.381. The summed E-state index contributed by atoms with van der Waals surface area (Å²) in [6.45, 7) is 11.4. The van der Waals surface area contributed by atoms with Gasteiger partial charge in [-0.05, 0) is 55.2 Å². The van der Waals surface area contributed by atoms with Crippen LogP contribution in [0.25, 0.3) is 0 Å². The van der Waals surface area contributed by atoms with Gasteiger partial charge in [-0.25, -0.2) is 0 Å². The van der Waals surface area contributed by atoms with Crippen molar-refractivity contribution in [2.24, 2.45) is 0 Å². The Morgan fingerprint density at radius 2 is 1.33 bits per heavy atom. The Bertz CT molecular complexity index is 507. The number of aromatic nitrogens is 2. The zero-order valence-corrected chi connectivity index (χ0v) is 19.6. The third kappa shape index (κ3) is 12.9. The van der Waals surface area contributed by atoms with E-state index < -0.39 is 8.32 Å². The average molecular weight is 450 g/mol. The predicted octanol–water partition coefficient (Wildman–Crippen LogP) is 6.74. The molecular formula is C21H31ClN2NiOSi. The van der Waals surface area contributed by atoms with E-state index in [4.69, 9.17) is 4.43 Å². The van der Waals surface area contributed by atoms with Crippen LogP contribution in [0.2, 0.25) is 18.1 Å². The van der Waals surface area contributed by atoms with E-state index in [0.717, 1.165) is 12.8 Å². The Balaban J connectivity index is 0.000000400. The van der Waals surface area contributed by atoms with Crippen molar-refractivity contribution < 1.29 is 19.0 Å². The van der Waals surface area contributed by atoms with Crippen LogP contribution in [0.1, 0.15) is 33.6 Å². The third-order valence-corrected chi connectivity index (χ3v) is 8.57. The molecule has 152 valence electrons. The molecule has 1 aliphatic rings. The SMILES string of the molecule is CC(C)(C)[Si](C)(C)O[C]1C=CCC1.[Cl][Ni].c1ccncc1.c1ccncc1. The third-order valence-electron chi connectivity index (χ3n) is 4.19. The molecule has 0 saturated carbocycles. The normalized spacial score (nSPS) is 13.3. The number of halogens is 1. The maximum Gasteiger partial charge on any atom is 0.0267 e. The summed E-state index contributed by atoms with van der Waals surface area (Å²) in [6.07, 6.45) is 14.8. The van der Waals surface area contributed by atoms with Gasteiger partial charge in [0, 0.05) is 24.8 Å². The average Bonchev–Trinajstić information content (AvgIpc) is 3.19. The van der Waals surface area contributed by atoms with Crippen LogP contribution in [-0.4, -0.2) is 18.3 Å². The number of pyridine rings is 2. The van der Waals surface area contributed by atoms with Crippen LogP contribution in [0.5, 0.6) is 0 Å². The first-order chi connectivity index (χ1) is 12.8. The Hall–Kier alpha value is -1.000. The summed E-state index contributed by atoms with van der Waals surface area (Å²) < 4.78 is 6.13. The fourth-order valence-electron chi connectivity index (χ4n) is 1.71. The molecule has 1 radical (unpaired) electrons. The molecule has 0 saturated heterocycles. The molecule has 0 aliphatic heterocycles. The second-order valence-corrected chi connectivity index (χ2v) is 12.0. The van der Waals surface area contributed by atoms with Gasteiger partial charge < -0.3 is 4.43 Å². The molecular weight excluding hydrogens is 418 g/mol. The van der Waals surface area contributed by atoms with E-state index in [1.54, 1.807) is 24.8 Å². The van der Waals surface area contributed by atoms with Crippen molar-refractivity contribution in [3.05, 3.63) is 79.4 Å². The van der Waals surface area contributed by atoms with Crippen LogP contribution in [0.15, 0.2) is 73.3 Å². The van der Waals surface area contributed by atoms with Gasteiger partial charge in [-0.3, -0.25) is 9.97 Å². The van der Waals surface area contributed by atoms with E-state index in [0.29, 0.717) is 5.04 Å². The molecule has 0 amide bonds. The minimum atomic E-state index is -1.56. The Kier molecular flexibility index (Phi) is 14.4. The number of hydrogen-bond donors (Lipinski definition) is 0. The molecule has 6 heteroatoms. The summed E-state index contributed by atoms with van der Waals surface area (Å²) >= 11 is 3.35. The Morgan fingerprint density at radius 3 is 1.56 bits per heavy atom. The summed E-state index contributed by atoms with van der Waals surface area (Å²) in [6, 6.07) is 11.4. The van der Waals surface area contributed by atoms with Crippen LogP contribution in [-0.2, 0) is 19.0 Å². The number of nitrogens with zero attached hydrogens (tertiary/aromatic N) is 2. The van der Waals surface area contributed by atoms with Gasteiger partial charge in [-0.1, -0.05) is 45.1 Å². The van der Waals surface area contributed by atoms with Gasteiger partial charge in [0.15, 0.2) is 8.32 Å². The minimum Gasteiger partial charge on any atom is -0.265 e. The number of rotatable bonds is 2. The van der Waals surface area contributed by atoms with Crippen LogP contribution in [0.4, 0.5) is 0 Å². The van der Waals surface area contributed by atoms with E-state index in [2.05, 4.69) is 80.8 Å². The van der Waals surface area contributed by atoms with Crippen molar-refractivity contribution in [1.82, 2.24) is 9.97 Å². The van der Waals surface area contributed by atoms with Crippen molar-refractivity contribution in [2.75, 3.05) is 0 Å². The maximum atomic E-state index is 6.13. The summed E-state index contributed by atoms with van der Waals surface area (Å²) in [5, 5.41) is 0.316. The molecule has 27 heavy (non-hydrogen) atoms. The van der Waals surface area contributed by atoms with Gasteiger partial charge in [-0.15, -0.1) is 0 Å². The predicted molar refractivity (Wildman–Crippen MR) is 114 cm³/mol. The van der Waals surface area contributed by atoms with Gasteiger partial charge in [0.25, 0.3) is 0 Å². The topological polar surface area (TPSA) is 35.0 Å². The van der Waals surface area contributed by atoms with E-state index in [1.807, 2.05) is 36.4 Å². The molecule has 3 rings (SSSR count). The van der Waals surface area contributed by atoms with E-state index >= 15 is 0 Å². The molecule has 2 heterocycles. The van der Waals surface area contributed by atoms with Gasteiger partial charge in [0.1, 0.15) is 6.10 Å². The quantitative estimate of drug-likeness (QED) is 0.476. The van der Waals surface area contributed by atoms with Gasteiger partial charge >= 0.3 is 24.8 Å². The van der Waals surface area contributed by atoms with Crippen LogP contribution >= 0.6 is 10.2 Å².